The van der Waals surface area contributed by atoms with Crippen LogP contribution < -0.4 is 20.5 Å². The van der Waals surface area contributed by atoms with Crippen LogP contribution in [0.5, 0.6) is 11.5 Å². The minimum atomic E-state index is 0.132. The lowest BCUT2D eigenvalue weighted by molar-refractivity contribution is 0.395. The number of anilines is 1. The van der Waals surface area contributed by atoms with Gasteiger partial charge in [-0.2, -0.15) is 0 Å². The molecule has 0 bridgehead atoms. The van der Waals surface area contributed by atoms with Crippen molar-refractivity contribution in [2.24, 2.45) is 5.73 Å². The van der Waals surface area contributed by atoms with Crippen molar-refractivity contribution >= 4 is 34.6 Å². The highest BCUT2D eigenvalue weighted by Gasteiger charge is 2.10. The molecule has 0 aliphatic heterocycles. The number of methoxy groups -OCH3 is 2. The minimum Gasteiger partial charge on any atom is -0.497 e. The van der Waals surface area contributed by atoms with Gasteiger partial charge in [0.1, 0.15) is 16.5 Å². The summed E-state index contributed by atoms with van der Waals surface area (Å²) < 4.78 is 10.1. The van der Waals surface area contributed by atoms with Gasteiger partial charge in [0, 0.05) is 12.1 Å². The van der Waals surface area contributed by atoms with Gasteiger partial charge in [-0.1, -0.05) is 11.6 Å². The molecule has 1 rings (SSSR count). The van der Waals surface area contributed by atoms with Crippen LogP contribution >= 0.6 is 23.8 Å². The van der Waals surface area contributed by atoms with E-state index in [1.807, 2.05) is 0 Å². The zero-order valence-electron chi connectivity index (χ0n) is 8.33. The molecule has 0 heterocycles. The number of nitrogens with two attached hydrogens (primary N) is 1. The second kappa shape index (κ2) is 5.04. The molecule has 0 unspecified atom stereocenters. The molecule has 15 heavy (non-hydrogen) atoms. The molecular weight excluding hydrogens is 236 g/mol. The zero-order valence-corrected chi connectivity index (χ0v) is 9.91. The third kappa shape index (κ3) is 2.87. The van der Waals surface area contributed by atoms with Crippen molar-refractivity contribution in [2.75, 3.05) is 19.5 Å². The Morgan fingerprint density at radius 2 is 2.07 bits per heavy atom. The van der Waals surface area contributed by atoms with Crippen molar-refractivity contribution in [1.29, 1.82) is 0 Å². The summed E-state index contributed by atoms with van der Waals surface area (Å²) in [7, 11) is 3.07. The molecule has 0 spiro atoms. The Hall–Kier alpha value is -1.20. The first-order valence-corrected chi connectivity index (χ1v) is 4.85. The smallest absolute Gasteiger partial charge is 0.168 e. The number of nitrogens with one attached hydrogen (secondary N) is 1. The maximum atomic E-state index is 6.02. The van der Waals surface area contributed by atoms with Crippen LogP contribution in [0.1, 0.15) is 0 Å². The zero-order chi connectivity index (χ0) is 11.4. The van der Waals surface area contributed by atoms with E-state index in [9.17, 15) is 0 Å². The Morgan fingerprint density at radius 1 is 1.40 bits per heavy atom. The van der Waals surface area contributed by atoms with Crippen LogP contribution in [0.3, 0.4) is 0 Å². The number of benzene rings is 1. The number of halogens is 1. The lowest BCUT2D eigenvalue weighted by Crippen LogP contribution is -2.19. The van der Waals surface area contributed by atoms with Crippen LogP contribution in [0, 0.1) is 0 Å². The fraction of sp³-hybridized carbons (Fsp3) is 0.222. The summed E-state index contributed by atoms with van der Waals surface area (Å²) in [5, 5.41) is 3.28. The SMILES string of the molecule is COc1cc(NC(N)=S)c(Cl)c(OC)c1. The van der Waals surface area contributed by atoms with E-state index in [4.69, 9.17) is 39.0 Å². The molecule has 1 aromatic rings. The van der Waals surface area contributed by atoms with Crippen molar-refractivity contribution in [2.45, 2.75) is 0 Å². The minimum absolute atomic E-state index is 0.132. The predicted molar refractivity (Wildman–Crippen MR) is 65.0 cm³/mol. The number of rotatable bonds is 3. The van der Waals surface area contributed by atoms with Gasteiger partial charge in [-0.05, 0) is 12.2 Å². The highest BCUT2D eigenvalue weighted by atomic mass is 35.5. The van der Waals surface area contributed by atoms with Crippen molar-refractivity contribution < 1.29 is 9.47 Å². The van der Waals surface area contributed by atoms with Crippen molar-refractivity contribution in [3.63, 3.8) is 0 Å². The molecule has 0 amide bonds. The quantitative estimate of drug-likeness (QED) is 0.799. The van der Waals surface area contributed by atoms with Gasteiger partial charge in [-0.25, -0.2) is 0 Å². The summed E-state index contributed by atoms with van der Waals surface area (Å²) in [6.45, 7) is 0. The van der Waals surface area contributed by atoms with E-state index in [1.54, 1.807) is 19.2 Å². The average molecular weight is 247 g/mol. The van der Waals surface area contributed by atoms with Gasteiger partial charge in [0.05, 0.1) is 19.9 Å². The molecule has 0 saturated carbocycles. The van der Waals surface area contributed by atoms with Crippen molar-refractivity contribution in [1.82, 2.24) is 0 Å². The van der Waals surface area contributed by atoms with Gasteiger partial charge in [0.25, 0.3) is 0 Å². The van der Waals surface area contributed by atoms with E-state index in [0.29, 0.717) is 22.2 Å². The summed E-state index contributed by atoms with van der Waals surface area (Å²) in [5.41, 5.74) is 5.91. The Labute approximate surface area is 98.3 Å². The van der Waals surface area contributed by atoms with Crippen LogP contribution in [-0.4, -0.2) is 19.3 Å². The van der Waals surface area contributed by atoms with Crippen molar-refractivity contribution in [3.8, 4) is 11.5 Å². The second-order valence-electron chi connectivity index (χ2n) is 2.68. The third-order valence-electron chi connectivity index (χ3n) is 1.73. The molecule has 0 aliphatic carbocycles. The predicted octanol–water partition coefficient (Wildman–Crippen LogP) is 2.01. The van der Waals surface area contributed by atoms with E-state index in [2.05, 4.69) is 5.32 Å². The van der Waals surface area contributed by atoms with Crippen LogP contribution in [0.15, 0.2) is 12.1 Å². The maximum absolute atomic E-state index is 6.02. The van der Waals surface area contributed by atoms with E-state index in [0.717, 1.165) is 0 Å². The molecule has 0 atom stereocenters. The second-order valence-corrected chi connectivity index (χ2v) is 3.50. The van der Waals surface area contributed by atoms with Gasteiger partial charge in [-0.15, -0.1) is 0 Å². The first-order valence-electron chi connectivity index (χ1n) is 4.06. The van der Waals surface area contributed by atoms with Gasteiger partial charge in [0.2, 0.25) is 0 Å². The first-order chi connectivity index (χ1) is 7.08. The molecule has 0 aliphatic rings. The van der Waals surface area contributed by atoms with Crippen LogP contribution in [-0.2, 0) is 0 Å². The number of ether oxygens (including phenoxy) is 2. The highest BCUT2D eigenvalue weighted by molar-refractivity contribution is 7.80. The summed E-state index contributed by atoms with van der Waals surface area (Å²) in [6.07, 6.45) is 0. The summed E-state index contributed by atoms with van der Waals surface area (Å²) in [4.78, 5) is 0. The van der Waals surface area contributed by atoms with E-state index >= 15 is 0 Å². The number of hydrogen-bond donors (Lipinski definition) is 2. The Bertz CT molecular complexity index is 385. The standard InChI is InChI=1S/C9H11ClN2O2S/c1-13-5-3-6(12-9(11)15)8(10)7(4-5)14-2/h3-4H,1-2H3,(H3,11,12,15). The summed E-state index contributed by atoms with van der Waals surface area (Å²) >= 11 is 10.7. The van der Waals surface area contributed by atoms with Crippen molar-refractivity contribution in [3.05, 3.63) is 17.2 Å². The Morgan fingerprint density at radius 3 is 2.53 bits per heavy atom. The molecule has 0 saturated heterocycles. The van der Waals surface area contributed by atoms with Gasteiger partial charge in [0.15, 0.2) is 5.11 Å². The maximum Gasteiger partial charge on any atom is 0.168 e. The van der Waals surface area contributed by atoms with E-state index in [-0.39, 0.29) is 5.11 Å². The van der Waals surface area contributed by atoms with E-state index < -0.39 is 0 Å². The number of hydrogen-bond acceptors (Lipinski definition) is 3. The van der Waals surface area contributed by atoms with Crippen LogP contribution in [0.2, 0.25) is 5.02 Å². The summed E-state index contributed by atoms with van der Waals surface area (Å²) in [5.74, 6) is 1.10. The molecule has 0 fully saturated rings. The van der Waals surface area contributed by atoms with Gasteiger partial charge in [-0.3, -0.25) is 0 Å². The lowest BCUT2D eigenvalue weighted by Gasteiger charge is -2.12. The van der Waals surface area contributed by atoms with E-state index in [1.165, 1.54) is 7.11 Å². The first kappa shape index (κ1) is 11.9. The Kier molecular flexibility index (Phi) is 3.99. The normalized spacial score (nSPS) is 9.53. The lowest BCUT2D eigenvalue weighted by atomic mass is 10.2. The van der Waals surface area contributed by atoms with Gasteiger partial charge < -0.3 is 20.5 Å². The molecule has 6 heteroatoms. The largest absolute Gasteiger partial charge is 0.497 e. The molecule has 4 nitrogen and oxygen atoms in total. The fourth-order valence-corrected chi connectivity index (χ4v) is 1.41. The molecule has 1 aromatic carbocycles. The van der Waals surface area contributed by atoms with Crippen LogP contribution in [0.25, 0.3) is 0 Å². The molecule has 0 aromatic heterocycles. The highest BCUT2D eigenvalue weighted by Crippen LogP contribution is 2.36. The van der Waals surface area contributed by atoms with Gasteiger partial charge >= 0.3 is 0 Å². The molecule has 3 N–H and O–H groups in total. The molecule has 0 radical (unpaired) electrons. The average Bonchev–Trinajstić information content (AvgIpc) is 2.20. The van der Waals surface area contributed by atoms with Crippen LogP contribution in [0.4, 0.5) is 5.69 Å². The molecular formula is C9H11ClN2O2S. The topological polar surface area (TPSA) is 56.5 Å². The fourth-order valence-electron chi connectivity index (χ4n) is 1.06. The summed E-state index contributed by atoms with van der Waals surface area (Å²) in [6, 6.07) is 3.36. The monoisotopic (exact) mass is 246 g/mol. The Balaban J connectivity index is 3.17. The molecule has 82 valence electrons. The third-order valence-corrected chi connectivity index (χ3v) is 2.22. The number of thiocarbonyl (C=S) groups is 1.